The van der Waals surface area contributed by atoms with Gasteiger partial charge in [0.15, 0.2) is 0 Å². The van der Waals surface area contributed by atoms with Gasteiger partial charge in [0.2, 0.25) is 0 Å². The first kappa shape index (κ1) is 16.6. The monoisotopic (exact) mass is 361 g/mol. The summed E-state index contributed by atoms with van der Waals surface area (Å²) in [7, 11) is 0. The molecule has 1 amide bonds. The van der Waals surface area contributed by atoms with Crippen LogP contribution in [0.3, 0.4) is 0 Å². The van der Waals surface area contributed by atoms with E-state index in [1.165, 1.54) is 5.56 Å². The van der Waals surface area contributed by atoms with Crippen LogP contribution in [0, 0.1) is 0 Å². The van der Waals surface area contributed by atoms with Crippen LogP contribution in [0.2, 0.25) is 0 Å². The predicted octanol–water partition coefficient (Wildman–Crippen LogP) is 4.70. The zero-order chi connectivity index (χ0) is 15.8. The molecule has 2 aromatic rings. The van der Waals surface area contributed by atoms with Crippen LogP contribution in [0.25, 0.3) is 0 Å². The van der Waals surface area contributed by atoms with Crippen molar-refractivity contribution in [3.8, 4) is 0 Å². The smallest absolute Gasteiger partial charge is 0.407 e. The van der Waals surface area contributed by atoms with Crippen molar-refractivity contribution >= 4 is 22.0 Å². The highest BCUT2D eigenvalue weighted by Crippen LogP contribution is 2.13. The van der Waals surface area contributed by atoms with Crippen LogP contribution in [0.5, 0.6) is 0 Å². The largest absolute Gasteiger partial charge is 0.445 e. The molecule has 0 saturated carbocycles. The predicted molar refractivity (Wildman–Crippen MR) is 91.7 cm³/mol. The van der Waals surface area contributed by atoms with Crippen LogP contribution < -0.4 is 5.32 Å². The standard InChI is InChI=1S/C18H20BrNO2/c1-2-17(12-14-8-10-16(19)11-9-14)20-18(21)22-13-15-6-4-3-5-7-15/h3-11,17H,2,12-13H2,1H3,(H,20,21)/t17-/m1/s1. The number of halogens is 1. The van der Waals surface area contributed by atoms with E-state index < -0.39 is 0 Å². The molecule has 0 aromatic heterocycles. The average molecular weight is 362 g/mol. The van der Waals surface area contributed by atoms with E-state index in [1.54, 1.807) is 0 Å². The summed E-state index contributed by atoms with van der Waals surface area (Å²) in [5.41, 5.74) is 2.18. The number of carbonyl (C=O) groups is 1. The number of hydrogen-bond donors (Lipinski definition) is 1. The summed E-state index contributed by atoms with van der Waals surface area (Å²) in [6, 6.07) is 17.9. The fourth-order valence-corrected chi connectivity index (χ4v) is 2.40. The van der Waals surface area contributed by atoms with Gasteiger partial charge in [-0.05, 0) is 36.1 Å². The summed E-state index contributed by atoms with van der Waals surface area (Å²) in [4.78, 5) is 11.9. The lowest BCUT2D eigenvalue weighted by atomic mass is 10.0. The normalized spacial score (nSPS) is 11.7. The summed E-state index contributed by atoms with van der Waals surface area (Å²) in [5.74, 6) is 0. The summed E-state index contributed by atoms with van der Waals surface area (Å²) in [6.45, 7) is 2.35. The molecule has 22 heavy (non-hydrogen) atoms. The van der Waals surface area contributed by atoms with E-state index in [9.17, 15) is 4.79 Å². The van der Waals surface area contributed by atoms with Gasteiger partial charge in [0, 0.05) is 10.5 Å². The quantitative estimate of drug-likeness (QED) is 0.809. The van der Waals surface area contributed by atoms with Crippen molar-refractivity contribution in [3.05, 3.63) is 70.2 Å². The van der Waals surface area contributed by atoms with Crippen LogP contribution in [-0.2, 0) is 17.8 Å². The van der Waals surface area contributed by atoms with Crippen LogP contribution in [0.4, 0.5) is 4.79 Å². The zero-order valence-electron chi connectivity index (χ0n) is 12.6. The summed E-state index contributed by atoms with van der Waals surface area (Å²) in [5, 5.41) is 2.93. The van der Waals surface area contributed by atoms with E-state index in [0.29, 0.717) is 6.61 Å². The highest BCUT2D eigenvalue weighted by Gasteiger charge is 2.12. The second kappa shape index (κ2) is 8.59. The molecule has 0 fully saturated rings. The lowest BCUT2D eigenvalue weighted by Crippen LogP contribution is -2.36. The molecule has 2 aromatic carbocycles. The Bertz CT molecular complexity index is 584. The van der Waals surface area contributed by atoms with Gasteiger partial charge in [0.05, 0.1) is 0 Å². The Hall–Kier alpha value is -1.81. The average Bonchev–Trinajstić information content (AvgIpc) is 2.55. The number of hydrogen-bond acceptors (Lipinski definition) is 2. The Morgan fingerprint density at radius 1 is 1.09 bits per heavy atom. The lowest BCUT2D eigenvalue weighted by Gasteiger charge is -2.17. The minimum atomic E-state index is -0.368. The highest BCUT2D eigenvalue weighted by atomic mass is 79.9. The second-order valence-corrected chi connectivity index (χ2v) is 6.06. The number of rotatable bonds is 6. The highest BCUT2D eigenvalue weighted by molar-refractivity contribution is 9.10. The van der Waals surface area contributed by atoms with Crippen molar-refractivity contribution in [2.45, 2.75) is 32.4 Å². The molecule has 0 radical (unpaired) electrons. The van der Waals surface area contributed by atoms with E-state index >= 15 is 0 Å². The molecule has 3 nitrogen and oxygen atoms in total. The molecule has 1 N–H and O–H groups in total. The van der Waals surface area contributed by atoms with E-state index in [2.05, 4.69) is 40.3 Å². The maximum Gasteiger partial charge on any atom is 0.407 e. The summed E-state index contributed by atoms with van der Waals surface area (Å²) < 4.78 is 6.31. The zero-order valence-corrected chi connectivity index (χ0v) is 14.2. The van der Waals surface area contributed by atoms with Gasteiger partial charge in [-0.2, -0.15) is 0 Å². The van der Waals surface area contributed by atoms with Gasteiger partial charge in [-0.1, -0.05) is 65.3 Å². The Balaban J connectivity index is 1.81. The molecule has 0 unspecified atom stereocenters. The molecular formula is C18H20BrNO2. The number of alkyl carbamates (subject to hydrolysis) is 1. The van der Waals surface area contributed by atoms with Gasteiger partial charge < -0.3 is 10.1 Å². The van der Waals surface area contributed by atoms with Crippen molar-refractivity contribution in [2.75, 3.05) is 0 Å². The van der Waals surface area contributed by atoms with Gasteiger partial charge in [0.25, 0.3) is 0 Å². The molecule has 0 aliphatic carbocycles. The third-order valence-electron chi connectivity index (χ3n) is 3.42. The molecule has 1 atom stereocenters. The molecule has 0 bridgehead atoms. The first-order chi connectivity index (χ1) is 10.7. The van der Waals surface area contributed by atoms with E-state index in [1.807, 2.05) is 42.5 Å². The molecule has 0 heterocycles. The first-order valence-electron chi connectivity index (χ1n) is 7.39. The Labute approximate surface area is 139 Å². The Morgan fingerprint density at radius 3 is 2.41 bits per heavy atom. The van der Waals surface area contributed by atoms with E-state index in [4.69, 9.17) is 4.74 Å². The SMILES string of the molecule is CC[C@H](Cc1ccc(Br)cc1)NC(=O)OCc1ccccc1. The van der Waals surface area contributed by atoms with E-state index in [-0.39, 0.29) is 12.1 Å². The third-order valence-corrected chi connectivity index (χ3v) is 3.95. The molecular weight excluding hydrogens is 342 g/mol. The molecule has 4 heteroatoms. The van der Waals surface area contributed by atoms with Crippen LogP contribution in [-0.4, -0.2) is 12.1 Å². The van der Waals surface area contributed by atoms with Crippen molar-refractivity contribution in [1.82, 2.24) is 5.32 Å². The van der Waals surface area contributed by atoms with Gasteiger partial charge in [-0.25, -0.2) is 4.79 Å². The molecule has 2 rings (SSSR count). The van der Waals surface area contributed by atoms with Crippen LogP contribution in [0.15, 0.2) is 59.1 Å². The maximum absolute atomic E-state index is 11.9. The number of nitrogens with one attached hydrogen (secondary N) is 1. The van der Waals surface area contributed by atoms with Crippen molar-refractivity contribution < 1.29 is 9.53 Å². The lowest BCUT2D eigenvalue weighted by molar-refractivity contribution is 0.135. The van der Waals surface area contributed by atoms with Crippen LogP contribution >= 0.6 is 15.9 Å². The third kappa shape index (κ3) is 5.53. The number of amides is 1. The van der Waals surface area contributed by atoms with E-state index in [0.717, 1.165) is 22.9 Å². The Morgan fingerprint density at radius 2 is 1.77 bits per heavy atom. The van der Waals surface area contributed by atoms with Gasteiger partial charge in [-0.3, -0.25) is 0 Å². The van der Waals surface area contributed by atoms with Gasteiger partial charge in [-0.15, -0.1) is 0 Å². The first-order valence-corrected chi connectivity index (χ1v) is 8.18. The molecule has 0 spiro atoms. The van der Waals surface area contributed by atoms with Crippen molar-refractivity contribution in [2.24, 2.45) is 0 Å². The second-order valence-electron chi connectivity index (χ2n) is 5.14. The maximum atomic E-state index is 11.9. The summed E-state index contributed by atoms with van der Waals surface area (Å²) in [6.07, 6.45) is 1.29. The molecule has 0 aliphatic rings. The Kier molecular flexibility index (Phi) is 6.46. The minimum Gasteiger partial charge on any atom is -0.445 e. The number of ether oxygens (including phenoxy) is 1. The van der Waals surface area contributed by atoms with Crippen LogP contribution in [0.1, 0.15) is 24.5 Å². The molecule has 0 aliphatic heterocycles. The van der Waals surface area contributed by atoms with Gasteiger partial charge >= 0.3 is 6.09 Å². The molecule has 116 valence electrons. The summed E-state index contributed by atoms with van der Waals surface area (Å²) >= 11 is 3.42. The fraction of sp³-hybridized carbons (Fsp3) is 0.278. The number of carbonyl (C=O) groups excluding carboxylic acids is 1. The topological polar surface area (TPSA) is 38.3 Å². The van der Waals surface area contributed by atoms with Gasteiger partial charge in [0.1, 0.15) is 6.61 Å². The van der Waals surface area contributed by atoms with Crippen molar-refractivity contribution in [3.63, 3.8) is 0 Å². The number of benzene rings is 2. The fourth-order valence-electron chi connectivity index (χ4n) is 2.13. The molecule has 0 saturated heterocycles. The minimum absolute atomic E-state index is 0.0736. The van der Waals surface area contributed by atoms with Crippen molar-refractivity contribution in [1.29, 1.82) is 0 Å².